The fourth-order valence-corrected chi connectivity index (χ4v) is 2.69. The Bertz CT molecular complexity index is 589. The first-order valence-corrected chi connectivity index (χ1v) is 6.84. The summed E-state index contributed by atoms with van der Waals surface area (Å²) in [7, 11) is 1.96. The van der Waals surface area contributed by atoms with E-state index in [-0.39, 0.29) is 6.04 Å². The van der Waals surface area contributed by atoms with E-state index in [2.05, 4.69) is 16.0 Å². The van der Waals surface area contributed by atoms with Gasteiger partial charge in [-0.15, -0.1) is 11.3 Å². The summed E-state index contributed by atoms with van der Waals surface area (Å²) in [6.45, 7) is 2.60. The van der Waals surface area contributed by atoms with Crippen LogP contribution in [-0.4, -0.2) is 28.0 Å². The first-order chi connectivity index (χ1) is 8.61. The number of fused-ring (bicyclic) bond motifs is 1. The number of hydrogen-bond acceptors (Lipinski definition) is 5. The summed E-state index contributed by atoms with van der Waals surface area (Å²) in [5.41, 5.74) is 0. The highest BCUT2D eigenvalue weighted by Gasteiger charge is 2.13. The zero-order valence-corrected chi connectivity index (χ0v) is 11.8. The van der Waals surface area contributed by atoms with Gasteiger partial charge in [0.05, 0.1) is 19.0 Å². The first-order valence-electron chi connectivity index (χ1n) is 5.58. The molecule has 2 aromatic heterocycles. The summed E-state index contributed by atoms with van der Waals surface area (Å²) in [5.74, 6) is 0.697. The van der Waals surface area contributed by atoms with Crippen molar-refractivity contribution in [2.45, 2.75) is 25.9 Å². The summed E-state index contributed by atoms with van der Waals surface area (Å²) >= 11 is 7.67. The Labute approximate surface area is 115 Å². The number of halogens is 1. The number of nitrogens with zero attached hydrogens (tertiary/aromatic N) is 4. The van der Waals surface area contributed by atoms with Crippen LogP contribution < -0.4 is 0 Å². The molecule has 18 heavy (non-hydrogen) atoms. The van der Waals surface area contributed by atoms with Gasteiger partial charge in [-0.2, -0.15) is 5.26 Å². The molecule has 1 atom stereocenters. The van der Waals surface area contributed by atoms with E-state index in [1.165, 1.54) is 0 Å². The second kappa shape index (κ2) is 5.61. The molecule has 0 aromatic carbocycles. The van der Waals surface area contributed by atoms with Crippen molar-refractivity contribution in [3.05, 3.63) is 22.4 Å². The molecule has 0 spiro atoms. The van der Waals surface area contributed by atoms with Crippen molar-refractivity contribution < 1.29 is 0 Å². The lowest BCUT2D eigenvalue weighted by Crippen LogP contribution is -2.29. The van der Waals surface area contributed by atoms with Gasteiger partial charge in [-0.3, -0.25) is 4.90 Å². The third kappa shape index (κ3) is 2.78. The quantitative estimate of drug-likeness (QED) is 0.808. The van der Waals surface area contributed by atoms with Crippen molar-refractivity contribution in [3.8, 4) is 6.07 Å². The van der Waals surface area contributed by atoms with Crippen LogP contribution in [0.1, 0.15) is 19.2 Å². The van der Waals surface area contributed by atoms with Gasteiger partial charge >= 0.3 is 0 Å². The minimum absolute atomic E-state index is 0.177. The minimum atomic E-state index is 0.177. The maximum absolute atomic E-state index is 8.68. The number of nitriles is 1. The second-order valence-electron chi connectivity index (χ2n) is 4.20. The lowest BCUT2D eigenvalue weighted by atomic mass is 10.2. The molecule has 0 radical (unpaired) electrons. The van der Waals surface area contributed by atoms with Crippen molar-refractivity contribution in [1.82, 2.24) is 14.9 Å². The highest BCUT2D eigenvalue weighted by Crippen LogP contribution is 2.25. The molecule has 94 valence electrons. The molecule has 0 bridgehead atoms. The Morgan fingerprint density at radius 1 is 1.56 bits per heavy atom. The molecule has 0 saturated carbocycles. The van der Waals surface area contributed by atoms with Crippen molar-refractivity contribution in [1.29, 1.82) is 5.26 Å². The zero-order valence-electron chi connectivity index (χ0n) is 10.2. The van der Waals surface area contributed by atoms with Gasteiger partial charge in [-0.05, 0) is 25.4 Å². The molecule has 2 heterocycles. The number of hydrogen-bond donors (Lipinski definition) is 0. The summed E-state index contributed by atoms with van der Waals surface area (Å²) < 4.78 is 0. The van der Waals surface area contributed by atoms with E-state index in [0.29, 0.717) is 23.9 Å². The molecule has 2 aromatic rings. The van der Waals surface area contributed by atoms with E-state index >= 15 is 0 Å². The van der Waals surface area contributed by atoms with E-state index in [0.717, 1.165) is 10.2 Å². The number of aromatic nitrogens is 2. The molecular weight excluding hydrogens is 268 g/mol. The van der Waals surface area contributed by atoms with Gasteiger partial charge < -0.3 is 0 Å². The highest BCUT2D eigenvalue weighted by molar-refractivity contribution is 7.16. The van der Waals surface area contributed by atoms with Crippen LogP contribution in [0.15, 0.2) is 11.4 Å². The average molecular weight is 281 g/mol. The second-order valence-corrected chi connectivity index (χ2v) is 5.45. The van der Waals surface area contributed by atoms with Gasteiger partial charge in [0.2, 0.25) is 0 Å². The normalized spacial score (nSPS) is 12.8. The van der Waals surface area contributed by atoms with Crippen LogP contribution in [-0.2, 0) is 6.54 Å². The van der Waals surface area contributed by atoms with E-state index in [9.17, 15) is 0 Å². The number of thiophene rings is 1. The summed E-state index contributed by atoms with van der Waals surface area (Å²) in [6.07, 6.45) is 0.492. The Hall–Kier alpha value is -1.22. The van der Waals surface area contributed by atoms with Crippen LogP contribution in [0.4, 0.5) is 0 Å². The van der Waals surface area contributed by atoms with Crippen molar-refractivity contribution >= 4 is 33.2 Å². The number of rotatable bonds is 4. The molecule has 1 unspecified atom stereocenters. The minimum Gasteiger partial charge on any atom is -0.295 e. The fourth-order valence-electron chi connectivity index (χ4n) is 1.60. The van der Waals surface area contributed by atoms with E-state index in [4.69, 9.17) is 16.9 Å². The summed E-state index contributed by atoms with van der Waals surface area (Å²) in [4.78, 5) is 11.7. The molecule has 0 N–H and O–H groups in total. The SMILES string of the molecule is CC(CC#N)N(C)Cc1nc(Cl)c2ccsc2n1. The van der Waals surface area contributed by atoms with Crippen LogP contribution in [0, 0.1) is 11.3 Å². The van der Waals surface area contributed by atoms with E-state index < -0.39 is 0 Å². The molecule has 0 aliphatic heterocycles. The van der Waals surface area contributed by atoms with Gasteiger partial charge in [-0.25, -0.2) is 9.97 Å². The Balaban J connectivity index is 2.19. The molecular formula is C12H13ClN4S. The van der Waals surface area contributed by atoms with Crippen LogP contribution in [0.3, 0.4) is 0 Å². The van der Waals surface area contributed by atoms with Gasteiger partial charge in [0.25, 0.3) is 0 Å². The Morgan fingerprint density at radius 3 is 3.06 bits per heavy atom. The fraction of sp³-hybridized carbons (Fsp3) is 0.417. The van der Waals surface area contributed by atoms with Crippen LogP contribution in [0.2, 0.25) is 5.15 Å². The maximum atomic E-state index is 8.68. The first kappa shape index (κ1) is 13.2. The molecule has 0 aliphatic rings. The monoisotopic (exact) mass is 280 g/mol. The lowest BCUT2D eigenvalue weighted by molar-refractivity contribution is 0.246. The molecule has 0 aliphatic carbocycles. The predicted molar refractivity (Wildman–Crippen MR) is 73.6 cm³/mol. The van der Waals surface area contributed by atoms with Crippen molar-refractivity contribution in [2.75, 3.05) is 7.05 Å². The maximum Gasteiger partial charge on any atom is 0.145 e. The highest BCUT2D eigenvalue weighted by atomic mass is 35.5. The molecule has 0 amide bonds. The summed E-state index contributed by atoms with van der Waals surface area (Å²) in [5, 5.41) is 12.0. The smallest absolute Gasteiger partial charge is 0.145 e. The molecule has 4 nitrogen and oxygen atoms in total. The van der Waals surface area contributed by atoms with Crippen LogP contribution in [0.25, 0.3) is 10.2 Å². The third-order valence-electron chi connectivity index (χ3n) is 2.85. The molecule has 6 heteroatoms. The summed E-state index contributed by atoms with van der Waals surface area (Å²) in [6, 6.07) is 4.27. The topological polar surface area (TPSA) is 52.8 Å². The third-order valence-corrected chi connectivity index (χ3v) is 3.95. The Kier molecular flexibility index (Phi) is 4.12. The van der Waals surface area contributed by atoms with E-state index in [1.807, 2.05) is 30.3 Å². The largest absolute Gasteiger partial charge is 0.295 e. The zero-order chi connectivity index (χ0) is 13.1. The van der Waals surface area contributed by atoms with Crippen LogP contribution in [0.5, 0.6) is 0 Å². The lowest BCUT2D eigenvalue weighted by Gasteiger charge is -2.21. The average Bonchev–Trinajstić information content (AvgIpc) is 2.77. The van der Waals surface area contributed by atoms with Gasteiger partial charge in [0.1, 0.15) is 15.8 Å². The van der Waals surface area contributed by atoms with Crippen molar-refractivity contribution in [2.24, 2.45) is 0 Å². The van der Waals surface area contributed by atoms with Gasteiger partial charge in [0.15, 0.2) is 0 Å². The van der Waals surface area contributed by atoms with Gasteiger partial charge in [-0.1, -0.05) is 11.6 Å². The standard InChI is InChI=1S/C12H13ClN4S/c1-8(3-5-14)17(2)7-10-15-11(13)9-4-6-18-12(9)16-10/h4,6,8H,3,7H2,1-2H3. The van der Waals surface area contributed by atoms with E-state index in [1.54, 1.807) is 11.3 Å². The molecule has 2 rings (SSSR count). The predicted octanol–water partition coefficient (Wildman–Crippen LogP) is 3.08. The molecule has 0 saturated heterocycles. The van der Waals surface area contributed by atoms with Gasteiger partial charge in [0, 0.05) is 11.4 Å². The molecule has 0 fully saturated rings. The van der Waals surface area contributed by atoms with Crippen LogP contribution >= 0.6 is 22.9 Å². The Morgan fingerprint density at radius 2 is 2.33 bits per heavy atom. The van der Waals surface area contributed by atoms with Crippen molar-refractivity contribution in [3.63, 3.8) is 0 Å².